The first-order valence-electron chi connectivity index (χ1n) is 7.82. The summed E-state index contributed by atoms with van der Waals surface area (Å²) in [7, 11) is 0. The van der Waals surface area contributed by atoms with E-state index in [1.54, 1.807) is 0 Å². The molecule has 2 rings (SSSR count). The van der Waals surface area contributed by atoms with Gasteiger partial charge in [-0.05, 0) is 18.4 Å². The summed E-state index contributed by atoms with van der Waals surface area (Å²) >= 11 is 0. The number of aryl methyl sites for hydroxylation is 1. The number of hydrogen-bond donors (Lipinski definition) is 0. The summed E-state index contributed by atoms with van der Waals surface area (Å²) < 4.78 is 11.7. The molecule has 2 nitrogen and oxygen atoms in total. The first-order valence-corrected chi connectivity index (χ1v) is 7.82. The third-order valence-corrected chi connectivity index (χ3v) is 3.58. The number of allylic oxidation sites excluding steroid dienone is 1. The molecule has 0 aliphatic carbocycles. The van der Waals surface area contributed by atoms with Crippen molar-refractivity contribution in [3.63, 3.8) is 0 Å². The average Bonchev–Trinajstić information content (AvgIpc) is 2.49. The van der Waals surface area contributed by atoms with Gasteiger partial charge in [-0.3, -0.25) is 0 Å². The molecule has 0 amide bonds. The van der Waals surface area contributed by atoms with Gasteiger partial charge in [-0.1, -0.05) is 63.1 Å². The number of hydrogen-bond acceptors (Lipinski definition) is 2. The molecule has 20 heavy (non-hydrogen) atoms. The minimum absolute atomic E-state index is 0.193. The molecule has 1 saturated heterocycles. The predicted octanol–water partition coefficient (Wildman–Crippen LogP) is 4.66. The van der Waals surface area contributed by atoms with E-state index in [1.165, 1.54) is 18.4 Å². The molecule has 0 N–H and O–H groups in total. The van der Waals surface area contributed by atoms with Crippen molar-refractivity contribution in [3.8, 4) is 0 Å². The quantitative estimate of drug-likeness (QED) is 0.703. The van der Waals surface area contributed by atoms with E-state index in [-0.39, 0.29) is 6.29 Å². The number of rotatable bonds is 6. The van der Waals surface area contributed by atoms with Crippen LogP contribution in [0.1, 0.15) is 50.5 Å². The van der Waals surface area contributed by atoms with Gasteiger partial charge >= 0.3 is 0 Å². The summed E-state index contributed by atoms with van der Waals surface area (Å²) in [6, 6.07) is 8.61. The zero-order valence-corrected chi connectivity index (χ0v) is 12.7. The lowest BCUT2D eigenvalue weighted by atomic mass is 10.1. The van der Waals surface area contributed by atoms with E-state index in [2.05, 4.69) is 50.3 Å². The maximum atomic E-state index is 5.83. The van der Waals surface area contributed by atoms with E-state index in [0.717, 1.165) is 31.6 Å². The van der Waals surface area contributed by atoms with Crippen molar-refractivity contribution >= 4 is 0 Å². The highest BCUT2D eigenvalue weighted by Gasteiger charge is 2.21. The van der Waals surface area contributed by atoms with Crippen LogP contribution in [-0.4, -0.2) is 13.2 Å². The van der Waals surface area contributed by atoms with Crippen LogP contribution in [0.3, 0.4) is 0 Å². The van der Waals surface area contributed by atoms with Crippen molar-refractivity contribution < 1.29 is 9.47 Å². The second kappa shape index (κ2) is 8.23. The lowest BCUT2D eigenvalue weighted by molar-refractivity contribution is -0.197. The summed E-state index contributed by atoms with van der Waals surface area (Å²) in [5.74, 6) is 0.400. The summed E-state index contributed by atoms with van der Waals surface area (Å²) in [4.78, 5) is 0. The normalized spacial score (nSPS) is 23.3. The Bertz CT molecular complexity index is 400. The Morgan fingerprint density at radius 2 is 1.75 bits per heavy atom. The Morgan fingerprint density at radius 1 is 1.05 bits per heavy atom. The van der Waals surface area contributed by atoms with E-state index < -0.39 is 0 Å². The van der Waals surface area contributed by atoms with Crippen molar-refractivity contribution in [1.29, 1.82) is 0 Å². The molecule has 1 aromatic carbocycles. The van der Waals surface area contributed by atoms with Crippen LogP contribution in [0.2, 0.25) is 0 Å². The van der Waals surface area contributed by atoms with Crippen molar-refractivity contribution in [2.45, 2.75) is 45.8 Å². The standard InChI is InChI=1S/C18H26O2/c1-3-5-6-8-16-13-19-18(20-14-16)17-11-9-15(7-4-2)10-12-17/h6,8-12,16,18H,3-5,7,13-14H2,1-2H3/b8-6+. The molecule has 0 unspecified atom stereocenters. The molecular weight excluding hydrogens is 248 g/mol. The lowest BCUT2D eigenvalue weighted by Gasteiger charge is -2.28. The van der Waals surface area contributed by atoms with Crippen LogP contribution in [0.5, 0.6) is 0 Å². The molecule has 1 aromatic rings. The van der Waals surface area contributed by atoms with E-state index in [4.69, 9.17) is 9.47 Å². The van der Waals surface area contributed by atoms with Gasteiger partial charge in [0.1, 0.15) is 0 Å². The molecule has 1 fully saturated rings. The zero-order valence-electron chi connectivity index (χ0n) is 12.7. The van der Waals surface area contributed by atoms with Gasteiger partial charge in [0.15, 0.2) is 6.29 Å². The molecule has 1 heterocycles. The highest BCUT2D eigenvalue weighted by molar-refractivity contribution is 5.23. The van der Waals surface area contributed by atoms with Crippen LogP contribution >= 0.6 is 0 Å². The number of ether oxygens (including phenoxy) is 2. The smallest absolute Gasteiger partial charge is 0.183 e. The Hall–Kier alpha value is -1.12. The SMILES string of the molecule is CCC/C=C/C1COC(c2ccc(CCC)cc2)OC1. The Morgan fingerprint density at radius 3 is 2.35 bits per heavy atom. The maximum Gasteiger partial charge on any atom is 0.183 e. The highest BCUT2D eigenvalue weighted by Crippen LogP contribution is 2.26. The summed E-state index contributed by atoms with van der Waals surface area (Å²) in [5.41, 5.74) is 2.51. The fraction of sp³-hybridized carbons (Fsp3) is 0.556. The van der Waals surface area contributed by atoms with Gasteiger partial charge in [0, 0.05) is 11.5 Å². The van der Waals surface area contributed by atoms with Crippen LogP contribution in [-0.2, 0) is 15.9 Å². The Kier molecular flexibility index (Phi) is 6.28. The summed E-state index contributed by atoms with van der Waals surface area (Å²) in [6.07, 6.45) is 8.91. The van der Waals surface area contributed by atoms with Gasteiger partial charge in [0.2, 0.25) is 0 Å². The molecule has 1 aliphatic rings. The second-order valence-electron chi connectivity index (χ2n) is 5.47. The van der Waals surface area contributed by atoms with E-state index >= 15 is 0 Å². The van der Waals surface area contributed by atoms with Crippen LogP contribution in [0, 0.1) is 5.92 Å². The summed E-state index contributed by atoms with van der Waals surface area (Å²) in [6.45, 7) is 5.90. The van der Waals surface area contributed by atoms with Gasteiger partial charge < -0.3 is 9.47 Å². The minimum Gasteiger partial charge on any atom is -0.348 e. The molecule has 2 heteroatoms. The molecule has 0 radical (unpaired) electrons. The van der Waals surface area contributed by atoms with Gasteiger partial charge in [-0.2, -0.15) is 0 Å². The van der Waals surface area contributed by atoms with E-state index in [1.807, 2.05) is 0 Å². The van der Waals surface area contributed by atoms with Gasteiger partial charge in [-0.15, -0.1) is 0 Å². The van der Waals surface area contributed by atoms with E-state index in [9.17, 15) is 0 Å². The fourth-order valence-corrected chi connectivity index (χ4v) is 2.41. The van der Waals surface area contributed by atoms with Crippen molar-refractivity contribution in [2.75, 3.05) is 13.2 Å². The Labute approximate surface area is 122 Å². The van der Waals surface area contributed by atoms with Crippen molar-refractivity contribution in [1.82, 2.24) is 0 Å². The monoisotopic (exact) mass is 274 g/mol. The van der Waals surface area contributed by atoms with Gasteiger partial charge in [-0.25, -0.2) is 0 Å². The molecule has 0 bridgehead atoms. The van der Waals surface area contributed by atoms with Crippen molar-refractivity contribution in [3.05, 3.63) is 47.5 Å². The average molecular weight is 274 g/mol. The molecule has 0 spiro atoms. The minimum atomic E-state index is -0.193. The first-order chi connectivity index (χ1) is 9.83. The summed E-state index contributed by atoms with van der Waals surface area (Å²) in [5, 5.41) is 0. The zero-order chi connectivity index (χ0) is 14.2. The molecule has 0 saturated carbocycles. The largest absolute Gasteiger partial charge is 0.348 e. The van der Waals surface area contributed by atoms with Crippen LogP contribution < -0.4 is 0 Å². The van der Waals surface area contributed by atoms with Crippen molar-refractivity contribution in [2.24, 2.45) is 5.92 Å². The third-order valence-electron chi connectivity index (χ3n) is 3.58. The van der Waals surface area contributed by atoms with Crippen LogP contribution in [0.15, 0.2) is 36.4 Å². The molecule has 0 atom stereocenters. The molecule has 1 aliphatic heterocycles. The highest BCUT2D eigenvalue weighted by atomic mass is 16.7. The fourth-order valence-electron chi connectivity index (χ4n) is 2.41. The molecule has 0 aromatic heterocycles. The second-order valence-corrected chi connectivity index (χ2v) is 5.47. The third kappa shape index (κ3) is 4.46. The molecule has 110 valence electrons. The number of unbranched alkanes of at least 4 members (excludes halogenated alkanes) is 1. The first kappa shape index (κ1) is 15.3. The van der Waals surface area contributed by atoms with Gasteiger partial charge in [0.25, 0.3) is 0 Å². The van der Waals surface area contributed by atoms with Crippen LogP contribution in [0.4, 0.5) is 0 Å². The maximum absolute atomic E-state index is 5.83. The predicted molar refractivity (Wildman–Crippen MR) is 82.6 cm³/mol. The van der Waals surface area contributed by atoms with Crippen LogP contribution in [0.25, 0.3) is 0 Å². The Balaban J connectivity index is 1.83. The van der Waals surface area contributed by atoms with Gasteiger partial charge in [0.05, 0.1) is 13.2 Å². The lowest BCUT2D eigenvalue weighted by Crippen LogP contribution is -2.25. The van der Waals surface area contributed by atoms with E-state index in [0.29, 0.717) is 5.92 Å². The number of benzene rings is 1. The molecular formula is C18H26O2. The topological polar surface area (TPSA) is 18.5 Å².